The van der Waals surface area contributed by atoms with Gasteiger partial charge in [0.1, 0.15) is 25.5 Å². The maximum Gasteiger partial charge on any atom is 0.187 e. The summed E-state index contributed by atoms with van der Waals surface area (Å²) in [5, 5.41) is 9.10. The van der Waals surface area contributed by atoms with Crippen molar-refractivity contribution >= 4 is 36.4 Å². The van der Waals surface area contributed by atoms with Crippen molar-refractivity contribution in [2.75, 3.05) is 20.8 Å². The molecule has 0 bridgehead atoms. The van der Waals surface area contributed by atoms with Gasteiger partial charge in [-0.1, -0.05) is 22.8 Å². The van der Waals surface area contributed by atoms with Crippen LogP contribution in [0.25, 0.3) is 0 Å². The molecule has 0 amide bonds. The van der Waals surface area contributed by atoms with E-state index in [1.54, 1.807) is 14.2 Å². The predicted molar refractivity (Wildman–Crippen MR) is 180 cm³/mol. The Kier molecular flexibility index (Phi) is 8.93. The van der Waals surface area contributed by atoms with Gasteiger partial charge in [0, 0.05) is 16.7 Å². The molecule has 5 unspecified atom stereocenters. The highest BCUT2D eigenvalue weighted by Gasteiger charge is 2.74. The Balaban J connectivity index is 1.61. The van der Waals surface area contributed by atoms with Crippen molar-refractivity contribution < 1.29 is 27.7 Å². The third-order valence-electron chi connectivity index (χ3n) is 10.8. The number of oxime groups is 2. The average molecular weight is 651 g/mol. The van der Waals surface area contributed by atoms with E-state index in [1.165, 1.54) is 5.57 Å². The molecule has 5 aliphatic rings. The molecule has 8 atom stereocenters. The van der Waals surface area contributed by atoms with Gasteiger partial charge in [0.15, 0.2) is 31.2 Å². The quantitative estimate of drug-likeness (QED) is 0.138. The second-order valence-corrected chi connectivity index (χ2v) is 30.3. The Hall–Kier alpha value is -0.829. The third kappa shape index (κ3) is 5.93. The van der Waals surface area contributed by atoms with E-state index in [-0.39, 0.29) is 23.2 Å². The molecular weight excluding hydrogens is 593 g/mol. The van der Waals surface area contributed by atoms with Crippen LogP contribution in [0.5, 0.6) is 0 Å². The van der Waals surface area contributed by atoms with Crippen LogP contribution in [0, 0.1) is 28.6 Å². The molecule has 0 N–H and O–H groups in total. The van der Waals surface area contributed by atoms with Crippen LogP contribution in [0.1, 0.15) is 51.9 Å². The lowest BCUT2D eigenvalue weighted by atomic mass is 9.45. The summed E-state index contributed by atoms with van der Waals surface area (Å²) in [5.74, 6) is 1.46. The van der Waals surface area contributed by atoms with Crippen molar-refractivity contribution in [3.05, 3.63) is 11.6 Å². The molecule has 1 spiro atoms. The molecule has 1 heterocycles. The van der Waals surface area contributed by atoms with E-state index >= 15 is 0 Å². The number of rotatable bonds is 10. The van der Waals surface area contributed by atoms with E-state index in [2.05, 4.69) is 77.1 Å². The molecule has 4 fully saturated rings. The Labute approximate surface area is 263 Å². The minimum absolute atomic E-state index is 0.0987. The highest BCUT2D eigenvalue weighted by Crippen LogP contribution is 2.72. The highest BCUT2D eigenvalue weighted by atomic mass is 28.4. The normalized spacial score (nSPS) is 40.6. The predicted octanol–water partition coefficient (Wildman–Crippen LogP) is 7.56. The highest BCUT2D eigenvalue weighted by molar-refractivity contribution is 6.70. The fourth-order valence-corrected chi connectivity index (χ4v) is 12.6. The molecule has 8 nitrogen and oxygen atoms in total. The zero-order valence-electron chi connectivity index (χ0n) is 29.0. The van der Waals surface area contributed by atoms with Gasteiger partial charge in [0.2, 0.25) is 0 Å². The first-order valence-corrected chi connectivity index (χ1v) is 26.7. The molecule has 1 saturated heterocycles. The second-order valence-electron chi connectivity index (χ2n) is 16.9. The average Bonchev–Trinajstić information content (AvgIpc) is 3.32. The van der Waals surface area contributed by atoms with Gasteiger partial charge >= 0.3 is 0 Å². The molecule has 1 aliphatic heterocycles. The van der Waals surface area contributed by atoms with E-state index < -0.39 is 30.6 Å². The molecule has 0 radical (unpaired) electrons. The van der Waals surface area contributed by atoms with Gasteiger partial charge < -0.3 is 27.7 Å². The minimum atomic E-state index is -2.01. The Morgan fingerprint density at radius 1 is 0.930 bits per heavy atom. The van der Waals surface area contributed by atoms with E-state index in [0.29, 0.717) is 24.4 Å². The summed E-state index contributed by atoms with van der Waals surface area (Å²) in [6.07, 6.45) is 9.31. The smallest absolute Gasteiger partial charge is 0.187 e. The van der Waals surface area contributed by atoms with Gasteiger partial charge in [0.25, 0.3) is 0 Å². The van der Waals surface area contributed by atoms with E-state index in [4.69, 9.17) is 32.8 Å². The van der Waals surface area contributed by atoms with Gasteiger partial charge in [0.05, 0.1) is 18.4 Å². The van der Waals surface area contributed by atoms with Crippen LogP contribution in [0.15, 0.2) is 22.0 Å². The molecule has 5 rings (SSSR count). The van der Waals surface area contributed by atoms with E-state index in [1.807, 2.05) is 0 Å². The van der Waals surface area contributed by atoms with Gasteiger partial charge in [-0.3, -0.25) is 0 Å². The fourth-order valence-electron chi connectivity index (χ4n) is 9.66. The zero-order chi connectivity index (χ0) is 31.6. The lowest BCUT2D eigenvalue weighted by molar-refractivity contribution is -0.137. The maximum absolute atomic E-state index is 7.42. The number of allylic oxidation sites excluding steroid dienone is 1. The van der Waals surface area contributed by atoms with Gasteiger partial charge in [-0.15, -0.1) is 0 Å². The van der Waals surface area contributed by atoms with Gasteiger partial charge in [-0.25, -0.2) is 0 Å². The fraction of sp³-hybridized carbons (Fsp3) is 0.875. The molecular formula is C32H58N2O6Si3. The molecule has 3 saturated carbocycles. The number of hydrogen-bond donors (Lipinski definition) is 0. The first-order chi connectivity index (χ1) is 19.9. The number of nitrogens with zero attached hydrogens (tertiary/aromatic N) is 2. The molecule has 244 valence electrons. The first-order valence-electron chi connectivity index (χ1n) is 16.5. The van der Waals surface area contributed by atoms with Crippen molar-refractivity contribution in [1.82, 2.24) is 0 Å². The lowest BCUT2D eigenvalue weighted by Gasteiger charge is -2.60. The van der Waals surface area contributed by atoms with Gasteiger partial charge in [-0.2, -0.15) is 0 Å². The molecule has 0 aromatic carbocycles. The summed E-state index contributed by atoms with van der Waals surface area (Å²) < 4.78 is 28.2. The van der Waals surface area contributed by atoms with Crippen molar-refractivity contribution in [2.24, 2.45) is 38.9 Å². The van der Waals surface area contributed by atoms with Crippen molar-refractivity contribution in [1.29, 1.82) is 0 Å². The molecule has 11 heteroatoms. The van der Waals surface area contributed by atoms with E-state index in [9.17, 15) is 0 Å². The van der Waals surface area contributed by atoms with Crippen LogP contribution >= 0.6 is 0 Å². The van der Waals surface area contributed by atoms with Gasteiger partial charge in [-0.05, 0) is 122 Å². The molecule has 4 aliphatic carbocycles. The van der Waals surface area contributed by atoms with Crippen LogP contribution < -0.4 is 0 Å². The van der Waals surface area contributed by atoms with Crippen LogP contribution in [0.4, 0.5) is 0 Å². The first kappa shape index (κ1) is 33.5. The molecule has 0 aromatic heterocycles. The Bertz CT molecular complexity index is 1160. The van der Waals surface area contributed by atoms with Crippen LogP contribution in [-0.4, -0.2) is 75.2 Å². The lowest BCUT2D eigenvalue weighted by Crippen LogP contribution is -2.64. The molecule has 0 aromatic rings. The largest absolute Gasteiger partial charge is 0.412 e. The van der Waals surface area contributed by atoms with E-state index in [0.717, 1.165) is 56.4 Å². The monoisotopic (exact) mass is 650 g/mol. The summed E-state index contributed by atoms with van der Waals surface area (Å²) in [5.41, 5.74) is 2.64. The van der Waals surface area contributed by atoms with Crippen molar-refractivity contribution in [2.45, 2.75) is 129 Å². The number of fused-ring (bicyclic) bond motifs is 2. The second kappa shape index (κ2) is 11.5. The van der Waals surface area contributed by atoms with Crippen LogP contribution in [0.3, 0.4) is 0 Å². The Morgan fingerprint density at radius 2 is 1.65 bits per heavy atom. The number of ether oxygens (including phenoxy) is 1. The maximum atomic E-state index is 7.42. The summed E-state index contributed by atoms with van der Waals surface area (Å²) in [7, 11) is -2.42. The standard InChI is InChI=1S/C32H58N2O6Si3/c1-30-20-26-28-24(14-13-22-19-23(33-35-2)15-17-31(22,28)29(38-26)39-42(7,8)9)25(30)16-18-32(30,40-43(10,11)12)27(34-36-3)21-37-41(4,5)6/h19,24-26,28-29H,13-18,20-21H2,1-12H3/b33-23+,34-27+/t24?,25?,26-,28?,29?,30-,31?,32-/m0/s1. The third-order valence-corrected chi connectivity index (χ3v) is 13.7. The topological polar surface area (TPSA) is 80.1 Å². The summed E-state index contributed by atoms with van der Waals surface area (Å²) in [4.78, 5) is 10.8. The van der Waals surface area contributed by atoms with Crippen molar-refractivity contribution in [3.8, 4) is 0 Å². The molecule has 43 heavy (non-hydrogen) atoms. The van der Waals surface area contributed by atoms with Crippen molar-refractivity contribution in [3.63, 3.8) is 0 Å². The summed E-state index contributed by atoms with van der Waals surface area (Å²) >= 11 is 0. The number of hydrogen-bond acceptors (Lipinski definition) is 8. The minimum Gasteiger partial charge on any atom is -0.412 e. The SMILES string of the molecule is CO/N=C1/C=C2CCC3C4[C@H](C[C@@]5(C)C3CC[C@]5(O[Si](C)(C)C)/C(CO[Si](C)(C)C)=N/OC)OC(O[Si](C)(C)C)C24CC1. The summed E-state index contributed by atoms with van der Waals surface area (Å²) in [6, 6.07) is 0. The summed E-state index contributed by atoms with van der Waals surface area (Å²) in [6.45, 7) is 23.4. The zero-order valence-corrected chi connectivity index (χ0v) is 32.0. The van der Waals surface area contributed by atoms with Crippen LogP contribution in [-0.2, 0) is 27.7 Å². The Morgan fingerprint density at radius 3 is 2.26 bits per heavy atom. The van der Waals surface area contributed by atoms with Crippen LogP contribution in [0.2, 0.25) is 58.9 Å².